The van der Waals surface area contributed by atoms with Crippen LogP contribution < -0.4 is 11.1 Å². The van der Waals surface area contributed by atoms with Crippen molar-refractivity contribution in [3.63, 3.8) is 0 Å². The monoisotopic (exact) mass is 349 g/mol. The Bertz CT molecular complexity index is 959. The maximum atomic E-state index is 14.4. The largest absolute Gasteiger partial charge is 0.445 e. The van der Waals surface area contributed by atoms with Gasteiger partial charge in [0, 0.05) is 11.3 Å². The molecule has 0 radical (unpaired) electrons. The van der Waals surface area contributed by atoms with Crippen LogP contribution in [0.25, 0.3) is 0 Å². The van der Waals surface area contributed by atoms with Crippen molar-refractivity contribution in [2.24, 2.45) is 5.73 Å². The summed E-state index contributed by atoms with van der Waals surface area (Å²) < 4.78 is 19.8. The number of rotatable bonds is 3. The highest BCUT2D eigenvalue weighted by molar-refractivity contribution is 6.06. The molecular formula is C20H16FN3O2. The van der Waals surface area contributed by atoms with Crippen molar-refractivity contribution >= 4 is 11.6 Å². The number of hydrogen-bond donors (Lipinski definition) is 2. The molecule has 1 aliphatic rings. The van der Waals surface area contributed by atoms with Gasteiger partial charge in [-0.25, -0.2) is 4.39 Å². The highest BCUT2D eigenvalue weighted by Crippen LogP contribution is 2.40. The Kier molecular flexibility index (Phi) is 4.72. The molecule has 130 valence electrons. The van der Waals surface area contributed by atoms with Gasteiger partial charge in [0.1, 0.15) is 23.2 Å². The fraction of sp³-hybridized carbons (Fsp3) is 0.100. The zero-order chi connectivity index (χ0) is 18.7. The second-order valence-corrected chi connectivity index (χ2v) is 5.74. The van der Waals surface area contributed by atoms with Crippen LogP contribution in [-0.4, -0.2) is 5.91 Å². The van der Waals surface area contributed by atoms with Gasteiger partial charge in [-0.2, -0.15) is 5.26 Å². The van der Waals surface area contributed by atoms with Gasteiger partial charge in [0.05, 0.1) is 11.5 Å². The number of carbonyl (C=O) groups excluding carboxylic acids is 1. The maximum absolute atomic E-state index is 14.4. The number of para-hydroxylation sites is 1. The van der Waals surface area contributed by atoms with Crippen molar-refractivity contribution in [3.05, 3.63) is 88.8 Å². The predicted molar refractivity (Wildman–Crippen MR) is 94.8 cm³/mol. The number of nitrogens with two attached hydrogens (primary N) is 1. The summed E-state index contributed by atoms with van der Waals surface area (Å²) in [4.78, 5) is 12.9. The smallest absolute Gasteiger partial charge is 0.255 e. The second kappa shape index (κ2) is 7.11. The Morgan fingerprint density at radius 3 is 2.50 bits per heavy atom. The van der Waals surface area contributed by atoms with Crippen molar-refractivity contribution < 1.29 is 13.9 Å². The van der Waals surface area contributed by atoms with Crippen molar-refractivity contribution in [2.75, 3.05) is 5.32 Å². The lowest BCUT2D eigenvalue weighted by molar-refractivity contribution is -0.113. The first-order valence-electron chi connectivity index (χ1n) is 7.92. The number of benzene rings is 2. The molecule has 2 aromatic rings. The van der Waals surface area contributed by atoms with E-state index in [-0.39, 0.29) is 28.4 Å². The van der Waals surface area contributed by atoms with Crippen molar-refractivity contribution in [2.45, 2.75) is 12.8 Å². The molecule has 3 N–H and O–H groups in total. The molecule has 26 heavy (non-hydrogen) atoms. The van der Waals surface area contributed by atoms with Gasteiger partial charge in [0.2, 0.25) is 5.88 Å². The van der Waals surface area contributed by atoms with Gasteiger partial charge in [-0.1, -0.05) is 36.4 Å². The quantitative estimate of drug-likeness (QED) is 0.887. The maximum Gasteiger partial charge on any atom is 0.255 e. The minimum atomic E-state index is -0.946. The van der Waals surface area contributed by atoms with E-state index in [1.807, 2.05) is 12.1 Å². The molecule has 0 aliphatic carbocycles. The molecule has 1 aliphatic heterocycles. The van der Waals surface area contributed by atoms with Crippen LogP contribution in [0.1, 0.15) is 18.4 Å². The third-order valence-corrected chi connectivity index (χ3v) is 4.10. The summed E-state index contributed by atoms with van der Waals surface area (Å²) in [5.74, 6) is -1.86. The van der Waals surface area contributed by atoms with E-state index in [1.54, 1.807) is 37.3 Å². The Labute approximate surface area is 150 Å². The third kappa shape index (κ3) is 3.15. The summed E-state index contributed by atoms with van der Waals surface area (Å²) in [6.45, 7) is 1.56. The summed E-state index contributed by atoms with van der Waals surface area (Å²) >= 11 is 0. The highest BCUT2D eigenvalue weighted by Gasteiger charge is 2.36. The van der Waals surface area contributed by atoms with E-state index in [4.69, 9.17) is 10.5 Å². The summed E-state index contributed by atoms with van der Waals surface area (Å²) in [5.41, 5.74) is 6.72. The van der Waals surface area contributed by atoms with Gasteiger partial charge < -0.3 is 15.8 Å². The Morgan fingerprint density at radius 2 is 1.85 bits per heavy atom. The molecule has 0 spiro atoms. The molecule has 0 fully saturated rings. The number of amides is 1. The number of nitriles is 1. The number of allylic oxidation sites excluding steroid dienone is 2. The fourth-order valence-corrected chi connectivity index (χ4v) is 2.92. The third-order valence-electron chi connectivity index (χ3n) is 4.10. The number of anilines is 1. The van der Waals surface area contributed by atoms with E-state index >= 15 is 0 Å². The van der Waals surface area contributed by atoms with E-state index in [0.717, 1.165) is 0 Å². The van der Waals surface area contributed by atoms with Crippen molar-refractivity contribution in [1.82, 2.24) is 0 Å². The van der Waals surface area contributed by atoms with Crippen LogP contribution in [0.15, 0.2) is 77.4 Å². The Morgan fingerprint density at radius 1 is 1.19 bits per heavy atom. The molecule has 0 saturated heterocycles. The van der Waals surface area contributed by atoms with Gasteiger partial charge in [0.15, 0.2) is 0 Å². The van der Waals surface area contributed by atoms with Crippen LogP contribution in [0.4, 0.5) is 10.1 Å². The number of hydrogen-bond acceptors (Lipinski definition) is 4. The summed E-state index contributed by atoms with van der Waals surface area (Å²) in [5, 5.41) is 12.3. The zero-order valence-electron chi connectivity index (χ0n) is 14.0. The molecule has 0 bridgehead atoms. The minimum absolute atomic E-state index is 0.00101. The van der Waals surface area contributed by atoms with E-state index in [2.05, 4.69) is 5.32 Å². The van der Waals surface area contributed by atoms with E-state index in [9.17, 15) is 14.4 Å². The zero-order valence-corrected chi connectivity index (χ0v) is 14.0. The lowest BCUT2D eigenvalue weighted by atomic mass is 9.82. The van der Waals surface area contributed by atoms with Crippen LogP contribution in [0.3, 0.4) is 0 Å². The Balaban J connectivity index is 2.09. The first-order chi connectivity index (χ1) is 12.5. The molecule has 6 heteroatoms. The molecule has 2 aromatic carbocycles. The van der Waals surface area contributed by atoms with Crippen LogP contribution in [-0.2, 0) is 9.53 Å². The summed E-state index contributed by atoms with van der Waals surface area (Å²) in [6, 6.07) is 16.8. The van der Waals surface area contributed by atoms with E-state index in [1.165, 1.54) is 18.2 Å². The lowest BCUT2D eigenvalue weighted by Crippen LogP contribution is -2.28. The minimum Gasteiger partial charge on any atom is -0.445 e. The molecule has 1 amide bonds. The summed E-state index contributed by atoms with van der Waals surface area (Å²) in [7, 11) is 0. The normalized spacial score (nSPS) is 16.7. The van der Waals surface area contributed by atoms with Crippen LogP contribution >= 0.6 is 0 Å². The van der Waals surface area contributed by atoms with Crippen LogP contribution in [0.2, 0.25) is 0 Å². The van der Waals surface area contributed by atoms with Crippen LogP contribution in [0.5, 0.6) is 0 Å². The Hall–Kier alpha value is -3.59. The number of ether oxygens (including phenoxy) is 1. The number of nitrogens with one attached hydrogen (secondary N) is 1. The predicted octanol–water partition coefficient (Wildman–Crippen LogP) is 3.55. The number of carbonyl (C=O) groups is 1. The van der Waals surface area contributed by atoms with E-state index in [0.29, 0.717) is 5.69 Å². The molecule has 0 saturated carbocycles. The molecule has 3 rings (SSSR count). The van der Waals surface area contributed by atoms with E-state index < -0.39 is 17.6 Å². The SMILES string of the molecule is CC1=C(C(=O)Nc2ccccc2)[C@@H](c2ccccc2F)C(C#N)=C(N)O1. The van der Waals surface area contributed by atoms with Gasteiger partial charge in [-0.05, 0) is 25.1 Å². The molecule has 1 atom stereocenters. The van der Waals surface area contributed by atoms with Crippen LogP contribution in [0, 0.1) is 17.1 Å². The summed E-state index contributed by atoms with van der Waals surface area (Å²) in [6.07, 6.45) is 0. The van der Waals surface area contributed by atoms with Gasteiger partial charge in [0.25, 0.3) is 5.91 Å². The molecule has 1 heterocycles. The van der Waals surface area contributed by atoms with Gasteiger partial charge >= 0.3 is 0 Å². The molecule has 5 nitrogen and oxygen atoms in total. The molecular weight excluding hydrogens is 333 g/mol. The standard InChI is InChI=1S/C20H16FN3O2/c1-12-17(20(25)24-13-7-3-2-4-8-13)18(15(11-22)19(23)26-12)14-9-5-6-10-16(14)21/h2-10,18H,23H2,1H3,(H,24,25)/t18-/m0/s1. The molecule has 0 unspecified atom stereocenters. The first kappa shape index (κ1) is 17.2. The average Bonchev–Trinajstić information content (AvgIpc) is 2.62. The van der Waals surface area contributed by atoms with Gasteiger partial charge in [-0.3, -0.25) is 4.79 Å². The number of halogens is 1. The van der Waals surface area contributed by atoms with Crippen molar-refractivity contribution in [3.8, 4) is 6.07 Å². The fourth-order valence-electron chi connectivity index (χ4n) is 2.92. The second-order valence-electron chi connectivity index (χ2n) is 5.74. The lowest BCUT2D eigenvalue weighted by Gasteiger charge is -2.27. The topological polar surface area (TPSA) is 88.1 Å². The average molecular weight is 349 g/mol. The highest BCUT2D eigenvalue weighted by atomic mass is 19.1. The first-order valence-corrected chi connectivity index (χ1v) is 7.92. The number of nitrogens with zero attached hydrogens (tertiary/aromatic N) is 1. The van der Waals surface area contributed by atoms with Gasteiger partial charge in [-0.15, -0.1) is 0 Å². The molecule has 0 aromatic heterocycles. The van der Waals surface area contributed by atoms with Crippen molar-refractivity contribution in [1.29, 1.82) is 5.26 Å².